The number of aliphatic imine (C=N–C) groups is 1. The second-order valence-corrected chi connectivity index (χ2v) is 7.32. The van der Waals surface area contributed by atoms with E-state index in [2.05, 4.69) is 10.1 Å². The van der Waals surface area contributed by atoms with Crippen molar-refractivity contribution >= 4 is 39.8 Å². The molecule has 0 saturated carbocycles. The van der Waals surface area contributed by atoms with Crippen molar-refractivity contribution < 1.29 is 9.21 Å². The number of thioether (sulfide) groups is 1. The summed E-state index contributed by atoms with van der Waals surface area (Å²) in [7, 11) is 0. The Morgan fingerprint density at radius 2 is 1.62 bits per heavy atom. The molecule has 1 amide bonds. The van der Waals surface area contributed by atoms with E-state index < -0.39 is 5.91 Å². The van der Waals surface area contributed by atoms with Crippen molar-refractivity contribution in [1.29, 1.82) is 5.41 Å². The average Bonchev–Trinajstić information content (AvgIpc) is 3.40. The molecule has 0 radical (unpaired) electrons. The fourth-order valence-electron chi connectivity index (χ4n) is 3.02. The number of carbonyl (C=O) groups is 1. The van der Waals surface area contributed by atoms with Gasteiger partial charge in [0.25, 0.3) is 5.91 Å². The standard InChI is InChI=1S/C22H14N4O2S/c23-19-17(13-16-11-12-18(28-16)14-7-3-1-4-8-14)20(27)24-22-26(19)25-21(29-22)15-9-5-2-6-10-15/h1-13,23H/b17-13-,23-19?. The maximum Gasteiger partial charge on any atom is 0.283 e. The predicted octanol–water partition coefficient (Wildman–Crippen LogP) is 4.61. The first-order valence-electron chi connectivity index (χ1n) is 8.90. The molecule has 0 saturated heterocycles. The number of fused-ring (bicyclic) bond motifs is 1. The molecule has 0 unspecified atom stereocenters. The van der Waals surface area contributed by atoms with Crippen molar-refractivity contribution in [3.8, 4) is 11.3 Å². The van der Waals surface area contributed by atoms with E-state index in [0.29, 0.717) is 21.7 Å². The van der Waals surface area contributed by atoms with E-state index in [0.717, 1.165) is 11.1 Å². The van der Waals surface area contributed by atoms with Gasteiger partial charge >= 0.3 is 0 Å². The van der Waals surface area contributed by atoms with Gasteiger partial charge in [0.15, 0.2) is 5.84 Å². The zero-order valence-corrected chi connectivity index (χ0v) is 15.9. The first-order valence-corrected chi connectivity index (χ1v) is 9.71. The Balaban J connectivity index is 1.46. The fraction of sp³-hybridized carbons (Fsp3) is 0. The highest BCUT2D eigenvalue weighted by Gasteiger charge is 2.36. The molecule has 29 heavy (non-hydrogen) atoms. The van der Waals surface area contributed by atoms with Crippen LogP contribution in [0.4, 0.5) is 0 Å². The quantitative estimate of drug-likeness (QED) is 0.653. The van der Waals surface area contributed by atoms with Crippen LogP contribution < -0.4 is 0 Å². The third kappa shape index (κ3) is 3.21. The van der Waals surface area contributed by atoms with Gasteiger partial charge in [-0.1, -0.05) is 60.7 Å². The molecule has 2 aliphatic heterocycles. The van der Waals surface area contributed by atoms with Gasteiger partial charge in [0, 0.05) is 11.1 Å². The van der Waals surface area contributed by atoms with Crippen LogP contribution in [0.25, 0.3) is 17.4 Å². The monoisotopic (exact) mass is 398 g/mol. The predicted molar refractivity (Wildman–Crippen MR) is 115 cm³/mol. The highest BCUT2D eigenvalue weighted by atomic mass is 32.2. The van der Waals surface area contributed by atoms with Crippen LogP contribution in [0, 0.1) is 5.41 Å². The summed E-state index contributed by atoms with van der Waals surface area (Å²) in [5.74, 6) is 0.680. The van der Waals surface area contributed by atoms with Crippen LogP contribution in [0.3, 0.4) is 0 Å². The van der Waals surface area contributed by atoms with E-state index in [9.17, 15) is 4.79 Å². The van der Waals surface area contributed by atoms with Crippen molar-refractivity contribution in [3.05, 3.63) is 89.7 Å². The van der Waals surface area contributed by atoms with Gasteiger partial charge in [-0.05, 0) is 30.0 Å². The zero-order valence-electron chi connectivity index (χ0n) is 15.1. The topological polar surface area (TPSA) is 82.0 Å². The van der Waals surface area contributed by atoms with Gasteiger partial charge in [-0.25, -0.2) is 0 Å². The molecule has 0 atom stereocenters. The summed E-state index contributed by atoms with van der Waals surface area (Å²) in [6.45, 7) is 0. The number of nitrogens with one attached hydrogen (secondary N) is 1. The lowest BCUT2D eigenvalue weighted by molar-refractivity contribution is -0.114. The summed E-state index contributed by atoms with van der Waals surface area (Å²) >= 11 is 1.28. The first-order chi connectivity index (χ1) is 14.2. The normalized spacial score (nSPS) is 17.4. The number of hydrogen-bond acceptors (Lipinski definition) is 5. The molecular weight excluding hydrogens is 384 g/mol. The number of nitrogens with zero attached hydrogens (tertiary/aromatic N) is 3. The van der Waals surface area contributed by atoms with Crippen LogP contribution in [-0.2, 0) is 4.79 Å². The van der Waals surface area contributed by atoms with Gasteiger partial charge in [0.05, 0.1) is 5.57 Å². The second kappa shape index (κ2) is 7.03. The summed E-state index contributed by atoms with van der Waals surface area (Å²) in [6.07, 6.45) is 1.54. The van der Waals surface area contributed by atoms with Crippen molar-refractivity contribution in [2.75, 3.05) is 0 Å². The van der Waals surface area contributed by atoms with E-state index >= 15 is 0 Å². The van der Waals surface area contributed by atoms with Gasteiger partial charge in [-0.2, -0.15) is 15.1 Å². The number of amidine groups is 2. The molecule has 140 valence electrons. The summed E-state index contributed by atoms with van der Waals surface area (Å²) < 4.78 is 5.84. The van der Waals surface area contributed by atoms with E-state index in [1.54, 1.807) is 6.07 Å². The molecule has 1 N–H and O–H groups in total. The molecule has 0 aliphatic carbocycles. The van der Waals surface area contributed by atoms with Gasteiger partial charge in [-0.3, -0.25) is 10.2 Å². The summed E-state index contributed by atoms with van der Waals surface area (Å²) in [6, 6.07) is 22.9. The minimum absolute atomic E-state index is 0.0175. The van der Waals surface area contributed by atoms with Crippen molar-refractivity contribution in [2.24, 2.45) is 10.1 Å². The molecule has 2 aliphatic rings. The van der Waals surface area contributed by atoms with E-state index in [4.69, 9.17) is 9.83 Å². The molecular formula is C22H14N4O2S. The summed E-state index contributed by atoms with van der Waals surface area (Å²) in [5, 5.41) is 15.4. The van der Waals surface area contributed by atoms with Gasteiger partial charge < -0.3 is 4.42 Å². The molecule has 3 aromatic rings. The lowest BCUT2D eigenvalue weighted by Gasteiger charge is -2.19. The zero-order chi connectivity index (χ0) is 19.8. The molecule has 5 rings (SSSR count). The number of hydrazone groups is 1. The van der Waals surface area contributed by atoms with Crippen molar-refractivity contribution in [2.45, 2.75) is 0 Å². The molecule has 0 bridgehead atoms. The molecule has 0 spiro atoms. The van der Waals surface area contributed by atoms with E-state index in [1.165, 1.54) is 22.8 Å². The Labute approximate surface area is 170 Å². The number of furan rings is 1. The average molecular weight is 398 g/mol. The van der Waals surface area contributed by atoms with Crippen LogP contribution in [0.1, 0.15) is 11.3 Å². The fourth-order valence-corrected chi connectivity index (χ4v) is 3.92. The Bertz CT molecular complexity index is 1210. The van der Waals surface area contributed by atoms with Crippen LogP contribution >= 0.6 is 11.8 Å². The largest absolute Gasteiger partial charge is 0.457 e. The SMILES string of the molecule is N=C1/C(=C/c2ccc(-c3ccccc3)o2)C(=O)N=C2SC(c3ccccc3)=NN12. The van der Waals surface area contributed by atoms with Crippen molar-refractivity contribution in [3.63, 3.8) is 0 Å². The number of carbonyl (C=O) groups excluding carboxylic acids is 1. The minimum atomic E-state index is -0.476. The van der Waals surface area contributed by atoms with Crippen LogP contribution in [0.2, 0.25) is 0 Å². The van der Waals surface area contributed by atoms with E-state index in [1.807, 2.05) is 66.7 Å². The first kappa shape index (κ1) is 17.4. The highest BCUT2D eigenvalue weighted by Crippen LogP contribution is 2.31. The van der Waals surface area contributed by atoms with Crippen LogP contribution in [-0.4, -0.2) is 27.0 Å². The van der Waals surface area contributed by atoms with Gasteiger partial charge in [0.2, 0.25) is 5.17 Å². The Morgan fingerprint density at radius 3 is 2.34 bits per heavy atom. The third-order valence-corrected chi connectivity index (χ3v) is 5.40. The molecule has 0 fully saturated rings. The van der Waals surface area contributed by atoms with E-state index in [-0.39, 0.29) is 11.4 Å². The number of rotatable bonds is 3. The third-order valence-electron chi connectivity index (χ3n) is 4.45. The molecule has 2 aromatic carbocycles. The summed E-state index contributed by atoms with van der Waals surface area (Å²) in [4.78, 5) is 16.7. The molecule has 3 heterocycles. The number of hydrogen-bond donors (Lipinski definition) is 1. The maximum absolute atomic E-state index is 12.5. The van der Waals surface area contributed by atoms with Crippen LogP contribution in [0.5, 0.6) is 0 Å². The Hall–Kier alpha value is -3.71. The minimum Gasteiger partial charge on any atom is -0.457 e. The lowest BCUT2D eigenvalue weighted by Crippen LogP contribution is -2.35. The Morgan fingerprint density at radius 1 is 0.931 bits per heavy atom. The molecule has 1 aromatic heterocycles. The lowest BCUT2D eigenvalue weighted by atomic mass is 10.1. The second-order valence-electron chi connectivity index (χ2n) is 6.36. The van der Waals surface area contributed by atoms with Crippen molar-refractivity contribution in [1.82, 2.24) is 5.01 Å². The molecule has 7 heteroatoms. The number of benzene rings is 2. The maximum atomic E-state index is 12.5. The highest BCUT2D eigenvalue weighted by molar-refractivity contribution is 8.27. The Kier molecular flexibility index (Phi) is 4.22. The van der Waals surface area contributed by atoms with Crippen LogP contribution in [0.15, 0.2) is 92.9 Å². The van der Waals surface area contributed by atoms with Gasteiger partial charge in [-0.15, -0.1) is 0 Å². The number of amides is 1. The summed E-state index contributed by atoms with van der Waals surface area (Å²) in [5.41, 5.74) is 2.00. The van der Waals surface area contributed by atoms with Gasteiger partial charge in [0.1, 0.15) is 16.6 Å². The smallest absolute Gasteiger partial charge is 0.283 e. The molecule has 6 nitrogen and oxygen atoms in total.